The molecule has 4 nitrogen and oxygen atoms in total. The van der Waals surface area contributed by atoms with Gasteiger partial charge in [-0.15, -0.1) is 0 Å². The van der Waals surface area contributed by atoms with Crippen molar-refractivity contribution in [3.05, 3.63) is 47.5 Å². The number of anilines is 1. The zero-order valence-corrected chi connectivity index (χ0v) is 11.7. The van der Waals surface area contributed by atoms with Crippen LogP contribution in [-0.4, -0.2) is 19.2 Å². The second kappa shape index (κ2) is 6.23. The van der Waals surface area contributed by atoms with Gasteiger partial charge in [0.2, 0.25) is 0 Å². The Bertz CT molecular complexity index is 602. The highest BCUT2D eigenvalue weighted by molar-refractivity contribution is 5.49. The van der Waals surface area contributed by atoms with Crippen LogP contribution >= 0.6 is 0 Å². The van der Waals surface area contributed by atoms with Crippen molar-refractivity contribution in [2.45, 2.75) is 13.5 Å². The van der Waals surface area contributed by atoms with E-state index in [1.165, 1.54) is 6.07 Å². The summed E-state index contributed by atoms with van der Waals surface area (Å²) in [5.74, 6) is 0.858. The summed E-state index contributed by atoms with van der Waals surface area (Å²) in [5, 5.41) is 3.02. The second-order valence-corrected chi connectivity index (χ2v) is 4.33. The second-order valence-electron chi connectivity index (χ2n) is 4.33. The molecular formula is C15H17FN2O2. The Labute approximate surface area is 117 Å². The fourth-order valence-corrected chi connectivity index (χ4v) is 1.93. The molecule has 2 aromatic rings. The molecule has 1 aromatic carbocycles. The molecular weight excluding hydrogens is 259 g/mol. The van der Waals surface area contributed by atoms with Crippen molar-refractivity contribution in [3.8, 4) is 11.5 Å². The van der Waals surface area contributed by atoms with Crippen LogP contribution in [-0.2, 0) is 6.54 Å². The fourth-order valence-electron chi connectivity index (χ4n) is 1.93. The van der Waals surface area contributed by atoms with E-state index in [0.29, 0.717) is 29.4 Å². The molecule has 106 valence electrons. The Morgan fingerprint density at radius 1 is 1.20 bits per heavy atom. The Morgan fingerprint density at radius 2 is 2.00 bits per heavy atom. The Balaban J connectivity index is 2.20. The molecule has 0 aliphatic heterocycles. The maximum absolute atomic E-state index is 13.7. The average Bonchev–Trinajstić information content (AvgIpc) is 2.47. The van der Waals surface area contributed by atoms with Crippen LogP contribution in [0.2, 0.25) is 0 Å². The van der Waals surface area contributed by atoms with E-state index in [0.717, 1.165) is 5.56 Å². The van der Waals surface area contributed by atoms with Crippen LogP contribution in [0.4, 0.5) is 10.1 Å². The third-order valence-corrected chi connectivity index (χ3v) is 2.93. The van der Waals surface area contributed by atoms with E-state index in [-0.39, 0.29) is 5.82 Å². The molecule has 0 atom stereocenters. The first-order valence-electron chi connectivity index (χ1n) is 6.21. The summed E-state index contributed by atoms with van der Waals surface area (Å²) >= 11 is 0. The zero-order chi connectivity index (χ0) is 14.5. The van der Waals surface area contributed by atoms with Crippen molar-refractivity contribution < 1.29 is 13.9 Å². The predicted octanol–water partition coefficient (Wildman–Crippen LogP) is 3.16. The lowest BCUT2D eigenvalue weighted by atomic mass is 10.2. The molecule has 0 aliphatic rings. The molecule has 20 heavy (non-hydrogen) atoms. The van der Waals surface area contributed by atoms with Gasteiger partial charge in [0.15, 0.2) is 11.5 Å². The van der Waals surface area contributed by atoms with Crippen molar-refractivity contribution in [1.29, 1.82) is 0 Å². The summed E-state index contributed by atoms with van der Waals surface area (Å²) in [4.78, 5) is 4.24. The minimum Gasteiger partial charge on any atom is -0.493 e. The molecule has 0 saturated carbocycles. The highest BCUT2D eigenvalue weighted by Crippen LogP contribution is 2.29. The number of nitrogens with one attached hydrogen (secondary N) is 1. The minimum atomic E-state index is -0.294. The van der Waals surface area contributed by atoms with Crippen LogP contribution in [0.5, 0.6) is 11.5 Å². The molecule has 1 heterocycles. The summed E-state index contributed by atoms with van der Waals surface area (Å²) < 4.78 is 24.2. The summed E-state index contributed by atoms with van der Waals surface area (Å²) in [6.45, 7) is 2.26. The van der Waals surface area contributed by atoms with Crippen LogP contribution in [0.25, 0.3) is 0 Å². The number of nitrogens with zero attached hydrogens (tertiary/aromatic N) is 1. The van der Waals surface area contributed by atoms with E-state index in [1.54, 1.807) is 38.6 Å². The van der Waals surface area contributed by atoms with Crippen molar-refractivity contribution in [1.82, 2.24) is 4.98 Å². The highest BCUT2D eigenvalue weighted by atomic mass is 19.1. The summed E-state index contributed by atoms with van der Waals surface area (Å²) in [7, 11) is 3.12. The molecule has 1 aromatic heterocycles. The van der Waals surface area contributed by atoms with Gasteiger partial charge in [0, 0.05) is 12.3 Å². The monoisotopic (exact) mass is 276 g/mol. The number of hydrogen-bond acceptors (Lipinski definition) is 4. The van der Waals surface area contributed by atoms with Crippen LogP contribution in [0, 0.1) is 12.7 Å². The largest absolute Gasteiger partial charge is 0.493 e. The van der Waals surface area contributed by atoms with Crippen LogP contribution < -0.4 is 14.8 Å². The summed E-state index contributed by atoms with van der Waals surface area (Å²) in [6.07, 6.45) is 1.63. The van der Waals surface area contributed by atoms with Gasteiger partial charge in [-0.2, -0.15) is 0 Å². The van der Waals surface area contributed by atoms with Crippen molar-refractivity contribution >= 4 is 5.69 Å². The molecule has 0 radical (unpaired) electrons. The molecule has 0 bridgehead atoms. The maximum Gasteiger partial charge on any atom is 0.184 e. The first-order chi connectivity index (χ1) is 9.65. The van der Waals surface area contributed by atoms with Gasteiger partial charge < -0.3 is 14.8 Å². The third-order valence-electron chi connectivity index (χ3n) is 2.93. The lowest BCUT2D eigenvalue weighted by Gasteiger charge is -2.13. The van der Waals surface area contributed by atoms with Crippen LogP contribution in [0.3, 0.4) is 0 Å². The molecule has 0 saturated heterocycles. The average molecular weight is 276 g/mol. The predicted molar refractivity (Wildman–Crippen MR) is 75.8 cm³/mol. The topological polar surface area (TPSA) is 43.4 Å². The van der Waals surface area contributed by atoms with Gasteiger partial charge in [0.05, 0.1) is 26.5 Å². The van der Waals surface area contributed by atoms with Gasteiger partial charge in [0.1, 0.15) is 11.5 Å². The van der Waals surface area contributed by atoms with E-state index in [4.69, 9.17) is 9.47 Å². The quantitative estimate of drug-likeness (QED) is 0.911. The van der Waals surface area contributed by atoms with Crippen molar-refractivity contribution in [2.24, 2.45) is 0 Å². The number of hydrogen-bond donors (Lipinski definition) is 1. The normalized spacial score (nSPS) is 10.2. The molecule has 0 aliphatic carbocycles. The molecule has 2 rings (SSSR count). The first-order valence-corrected chi connectivity index (χ1v) is 6.21. The lowest BCUT2D eigenvalue weighted by molar-refractivity contribution is 0.350. The molecule has 1 N–H and O–H groups in total. The van der Waals surface area contributed by atoms with Crippen molar-refractivity contribution in [3.63, 3.8) is 0 Å². The minimum absolute atomic E-state index is 0.294. The van der Waals surface area contributed by atoms with E-state index in [2.05, 4.69) is 10.3 Å². The van der Waals surface area contributed by atoms with Gasteiger partial charge in [0.25, 0.3) is 0 Å². The lowest BCUT2D eigenvalue weighted by Crippen LogP contribution is -2.06. The van der Waals surface area contributed by atoms with Gasteiger partial charge >= 0.3 is 0 Å². The molecule has 0 unspecified atom stereocenters. The number of benzene rings is 1. The maximum atomic E-state index is 13.7. The van der Waals surface area contributed by atoms with Gasteiger partial charge in [-0.05, 0) is 24.6 Å². The Hall–Kier alpha value is -2.30. The third kappa shape index (κ3) is 2.99. The molecule has 0 amide bonds. The molecule has 0 fully saturated rings. The number of methoxy groups -OCH3 is 2. The number of rotatable bonds is 5. The Morgan fingerprint density at radius 3 is 2.70 bits per heavy atom. The number of halogens is 1. The Kier molecular flexibility index (Phi) is 4.40. The number of pyridine rings is 1. The smallest absolute Gasteiger partial charge is 0.184 e. The number of aromatic nitrogens is 1. The number of ether oxygens (including phenoxy) is 2. The molecule has 5 heteroatoms. The van der Waals surface area contributed by atoms with Crippen molar-refractivity contribution in [2.75, 3.05) is 19.5 Å². The number of aryl methyl sites for hydroxylation is 1. The van der Waals surface area contributed by atoms with Gasteiger partial charge in [-0.3, -0.25) is 4.98 Å². The van der Waals surface area contributed by atoms with Crippen LogP contribution in [0.1, 0.15) is 11.3 Å². The van der Waals surface area contributed by atoms with E-state index >= 15 is 0 Å². The first kappa shape index (κ1) is 14.1. The van der Waals surface area contributed by atoms with E-state index in [9.17, 15) is 4.39 Å². The van der Waals surface area contributed by atoms with E-state index in [1.807, 2.05) is 6.92 Å². The summed E-state index contributed by atoms with van der Waals surface area (Å²) in [5.41, 5.74) is 2.09. The van der Waals surface area contributed by atoms with Crippen LogP contribution in [0.15, 0.2) is 30.5 Å². The van der Waals surface area contributed by atoms with E-state index < -0.39 is 0 Å². The van der Waals surface area contributed by atoms with Gasteiger partial charge in [-0.1, -0.05) is 6.07 Å². The fraction of sp³-hybridized carbons (Fsp3) is 0.267. The zero-order valence-electron chi connectivity index (χ0n) is 11.7. The molecule has 0 spiro atoms. The highest BCUT2D eigenvalue weighted by Gasteiger charge is 2.11. The van der Waals surface area contributed by atoms with Gasteiger partial charge in [-0.25, -0.2) is 4.39 Å². The summed E-state index contributed by atoms with van der Waals surface area (Å²) in [6, 6.07) is 6.64. The SMILES string of the molecule is COc1ccnc(CNc2cc(C)ccc2F)c1OC. The standard InChI is InChI=1S/C15H17FN2O2/c1-10-4-5-11(16)12(8-10)18-9-13-15(20-3)14(19-2)6-7-17-13/h4-8,18H,9H2,1-3H3.